The molecule has 0 radical (unpaired) electrons. The van der Waals surface area contributed by atoms with E-state index in [4.69, 9.17) is 5.73 Å². The van der Waals surface area contributed by atoms with Gasteiger partial charge in [-0.1, -0.05) is 6.92 Å². The molecule has 2 aromatic rings. The molecule has 0 spiro atoms. The van der Waals surface area contributed by atoms with E-state index >= 15 is 0 Å². The topological polar surface area (TPSA) is 62.7 Å². The normalized spacial score (nSPS) is 17.1. The van der Waals surface area contributed by atoms with Gasteiger partial charge in [-0.15, -0.1) is 5.10 Å². The molecule has 3 heterocycles. The maximum absolute atomic E-state index is 5.68. The van der Waals surface area contributed by atoms with E-state index < -0.39 is 0 Å². The lowest BCUT2D eigenvalue weighted by Gasteiger charge is -2.34. The molecule has 1 fully saturated rings. The van der Waals surface area contributed by atoms with E-state index in [1.54, 1.807) is 0 Å². The number of anilines is 1. The Balaban J connectivity index is 1.87. The van der Waals surface area contributed by atoms with E-state index in [1.807, 2.05) is 16.6 Å². The van der Waals surface area contributed by atoms with Crippen LogP contribution in [0.15, 0.2) is 16.7 Å². The SMILES string of the molecule is CCN1CCN(c2ccc3nc(CN)c(Br)n3n2)CC1. The molecule has 0 aliphatic carbocycles. The van der Waals surface area contributed by atoms with Gasteiger partial charge in [0, 0.05) is 32.7 Å². The second-order valence-electron chi connectivity index (χ2n) is 4.94. The molecular formula is C13H19BrN6. The van der Waals surface area contributed by atoms with Gasteiger partial charge in [0.25, 0.3) is 0 Å². The highest BCUT2D eigenvalue weighted by Crippen LogP contribution is 2.20. The second-order valence-corrected chi connectivity index (χ2v) is 5.69. The average Bonchev–Trinajstić information content (AvgIpc) is 2.83. The molecule has 0 atom stereocenters. The van der Waals surface area contributed by atoms with E-state index in [-0.39, 0.29) is 0 Å². The standard InChI is InChI=1S/C13H19BrN6/c1-2-18-5-7-19(8-6-18)12-4-3-11-16-10(9-15)13(14)20(11)17-12/h3-4H,2,5-9,15H2,1H3. The number of imidazole rings is 1. The first-order valence-electron chi connectivity index (χ1n) is 6.94. The van der Waals surface area contributed by atoms with Crippen LogP contribution in [0.1, 0.15) is 12.6 Å². The van der Waals surface area contributed by atoms with Crippen LogP contribution < -0.4 is 10.6 Å². The number of hydrogen-bond donors (Lipinski definition) is 1. The molecular weight excluding hydrogens is 320 g/mol. The summed E-state index contributed by atoms with van der Waals surface area (Å²) in [5.74, 6) is 0.995. The number of rotatable bonds is 3. The fourth-order valence-corrected chi connectivity index (χ4v) is 3.05. The first kappa shape index (κ1) is 13.8. The third-order valence-corrected chi connectivity index (χ3v) is 4.60. The van der Waals surface area contributed by atoms with Crippen molar-refractivity contribution in [3.8, 4) is 0 Å². The Morgan fingerprint density at radius 2 is 2.00 bits per heavy atom. The molecule has 1 aliphatic rings. The van der Waals surface area contributed by atoms with Crippen molar-refractivity contribution in [2.75, 3.05) is 37.6 Å². The van der Waals surface area contributed by atoms with Crippen LogP contribution in [0.3, 0.4) is 0 Å². The predicted octanol–water partition coefficient (Wildman–Crippen LogP) is 1.09. The summed E-state index contributed by atoms with van der Waals surface area (Å²) >= 11 is 3.52. The zero-order valence-electron chi connectivity index (χ0n) is 11.6. The van der Waals surface area contributed by atoms with Crippen molar-refractivity contribution in [2.24, 2.45) is 5.73 Å². The van der Waals surface area contributed by atoms with Crippen molar-refractivity contribution in [1.82, 2.24) is 19.5 Å². The Labute approximate surface area is 126 Å². The Hall–Kier alpha value is -1.18. The van der Waals surface area contributed by atoms with E-state index in [0.717, 1.165) is 54.5 Å². The average molecular weight is 339 g/mol. The fraction of sp³-hybridized carbons (Fsp3) is 0.538. The third-order valence-electron chi connectivity index (χ3n) is 3.81. The smallest absolute Gasteiger partial charge is 0.155 e. The lowest BCUT2D eigenvalue weighted by molar-refractivity contribution is 0.270. The predicted molar refractivity (Wildman–Crippen MR) is 82.9 cm³/mol. The maximum Gasteiger partial charge on any atom is 0.155 e. The Kier molecular flexibility index (Phi) is 3.91. The molecule has 20 heavy (non-hydrogen) atoms. The molecule has 108 valence electrons. The first-order chi connectivity index (χ1) is 9.72. The molecule has 0 unspecified atom stereocenters. The quantitative estimate of drug-likeness (QED) is 0.907. The van der Waals surface area contributed by atoms with Crippen LogP contribution in [-0.4, -0.2) is 52.2 Å². The largest absolute Gasteiger partial charge is 0.353 e. The number of aromatic nitrogens is 3. The molecule has 0 amide bonds. The molecule has 3 rings (SSSR count). The second kappa shape index (κ2) is 5.67. The number of likely N-dealkylation sites (N-methyl/N-ethyl adjacent to an activating group) is 1. The van der Waals surface area contributed by atoms with E-state index in [9.17, 15) is 0 Å². The molecule has 0 saturated carbocycles. The minimum absolute atomic E-state index is 0.411. The molecule has 7 heteroatoms. The molecule has 6 nitrogen and oxygen atoms in total. The molecule has 2 N–H and O–H groups in total. The summed E-state index contributed by atoms with van der Waals surface area (Å²) in [5, 5.41) is 4.68. The van der Waals surface area contributed by atoms with Crippen molar-refractivity contribution in [2.45, 2.75) is 13.5 Å². The van der Waals surface area contributed by atoms with Gasteiger partial charge in [-0.2, -0.15) is 0 Å². The van der Waals surface area contributed by atoms with Gasteiger partial charge in [0.05, 0.1) is 5.69 Å². The zero-order chi connectivity index (χ0) is 14.1. The van der Waals surface area contributed by atoms with Gasteiger partial charge in [-0.25, -0.2) is 9.50 Å². The molecule has 0 aromatic carbocycles. The summed E-state index contributed by atoms with van der Waals surface area (Å²) in [7, 11) is 0. The summed E-state index contributed by atoms with van der Waals surface area (Å²) in [6.45, 7) is 7.95. The Morgan fingerprint density at radius 1 is 1.25 bits per heavy atom. The highest BCUT2D eigenvalue weighted by atomic mass is 79.9. The summed E-state index contributed by atoms with van der Waals surface area (Å²) in [4.78, 5) is 9.22. The van der Waals surface area contributed by atoms with E-state index in [1.165, 1.54) is 0 Å². The van der Waals surface area contributed by atoms with Crippen LogP contribution in [0.2, 0.25) is 0 Å². The monoisotopic (exact) mass is 338 g/mol. The van der Waals surface area contributed by atoms with Crippen LogP contribution in [0.5, 0.6) is 0 Å². The highest BCUT2D eigenvalue weighted by molar-refractivity contribution is 9.10. The van der Waals surface area contributed by atoms with Gasteiger partial charge in [0.2, 0.25) is 0 Å². The molecule has 1 saturated heterocycles. The molecule has 0 bridgehead atoms. The van der Waals surface area contributed by atoms with Crippen LogP contribution in [0.4, 0.5) is 5.82 Å². The van der Waals surface area contributed by atoms with E-state index in [2.05, 4.69) is 42.7 Å². The van der Waals surface area contributed by atoms with Gasteiger partial charge in [-0.3, -0.25) is 0 Å². The zero-order valence-corrected chi connectivity index (χ0v) is 13.2. The van der Waals surface area contributed by atoms with Crippen LogP contribution >= 0.6 is 15.9 Å². The van der Waals surface area contributed by atoms with Crippen molar-refractivity contribution >= 4 is 27.4 Å². The fourth-order valence-electron chi connectivity index (χ4n) is 2.53. The van der Waals surface area contributed by atoms with Gasteiger partial charge < -0.3 is 15.5 Å². The summed E-state index contributed by atoms with van der Waals surface area (Å²) in [6, 6.07) is 4.04. The van der Waals surface area contributed by atoms with Gasteiger partial charge in [-0.05, 0) is 34.6 Å². The highest BCUT2D eigenvalue weighted by Gasteiger charge is 2.18. The van der Waals surface area contributed by atoms with Gasteiger partial charge in [0.1, 0.15) is 10.4 Å². The van der Waals surface area contributed by atoms with Crippen LogP contribution in [-0.2, 0) is 6.54 Å². The number of piperazine rings is 1. The molecule has 2 aromatic heterocycles. The van der Waals surface area contributed by atoms with Crippen molar-refractivity contribution in [1.29, 1.82) is 0 Å². The minimum atomic E-state index is 0.411. The van der Waals surface area contributed by atoms with Gasteiger partial charge in [0.15, 0.2) is 5.65 Å². The number of nitrogens with two attached hydrogens (primary N) is 1. The third kappa shape index (κ3) is 2.41. The van der Waals surface area contributed by atoms with E-state index in [0.29, 0.717) is 6.54 Å². The summed E-state index contributed by atoms with van der Waals surface area (Å²) in [6.07, 6.45) is 0. The number of nitrogens with zero attached hydrogens (tertiary/aromatic N) is 5. The minimum Gasteiger partial charge on any atom is -0.353 e. The maximum atomic E-state index is 5.68. The van der Waals surface area contributed by atoms with Crippen molar-refractivity contribution < 1.29 is 0 Å². The molecule has 1 aliphatic heterocycles. The van der Waals surface area contributed by atoms with Crippen molar-refractivity contribution in [3.05, 3.63) is 22.4 Å². The lowest BCUT2D eigenvalue weighted by atomic mass is 10.3. The van der Waals surface area contributed by atoms with Crippen molar-refractivity contribution in [3.63, 3.8) is 0 Å². The number of hydrogen-bond acceptors (Lipinski definition) is 5. The first-order valence-corrected chi connectivity index (χ1v) is 7.73. The summed E-state index contributed by atoms with van der Waals surface area (Å²) < 4.78 is 2.67. The lowest BCUT2D eigenvalue weighted by Crippen LogP contribution is -2.46. The summed E-state index contributed by atoms with van der Waals surface area (Å²) in [5.41, 5.74) is 7.34. The Bertz CT molecular complexity index is 602. The van der Waals surface area contributed by atoms with Crippen LogP contribution in [0.25, 0.3) is 5.65 Å². The number of halogens is 1. The van der Waals surface area contributed by atoms with Gasteiger partial charge >= 0.3 is 0 Å². The Morgan fingerprint density at radius 3 is 2.65 bits per heavy atom. The number of fused-ring (bicyclic) bond motifs is 1. The van der Waals surface area contributed by atoms with Crippen LogP contribution in [0, 0.1) is 0 Å².